The van der Waals surface area contributed by atoms with Crippen LogP contribution in [0.2, 0.25) is 0 Å². The van der Waals surface area contributed by atoms with E-state index in [1.807, 2.05) is 32.1 Å². The molecule has 0 fully saturated rings. The molecule has 0 N–H and O–H groups in total. The molecule has 0 atom stereocenters. The molecule has 0 aliphatic carbocycles. The van der Waals surface area contributed by atoms with Crippen molar-refractivity contribution < 1.29 is 4.79 Å². The molecular weight excluding hydrogens is 522 g/mol. The first-order valence-corrected chi connectivity index (χ1v) is 14.3. The fourth-order valence-electron chi connectivity index (χ4n) is 5.45. The first kappa shape index (κ1) is 29.0. The van der Waals surface area contributed by atoms with Gasteiger partial charge in [0.1, 0.15) is 0 Å². The molecule has 0 radical (unpaired) electrons. The van der Waals surface area contributed by atoms with Crippen LogP contribution in [0.1, 0.15) is 30.5 Å². The Kier molecular flexibility index (Phi) is 8.50. The van der Waals surface area contributed by atoms with Crippen LogP contribution in [0.5, 0.6) is 0 Å². The monoisotopic (exact) mass is 557 g/mol. The highest BCUT2D eigenvalue weighted by Gasteiger charge is 2.17. The summed E-state index contributed by atoms with van der Waals surface area (Å²) in [6.07, 6.45) is 8.94. The van der Waals surface area contributed by atoms with E-state index >= 15 is 0 Å². The Balaban J connectivity index is 1.62. The first-order valence-electron chi connectivity index (χ1n) is 14.3. The highest BCUT2D eigenvalue weighted by atomic mass is 16.1. The third kappa shape index (κ3) is 5.82. The highest BCUT2D eigenvalue weighted by molar-refractivity contribution is 6.13. The second-order valence-corrected chi connectivity index (χ2v) is 10.5. The first-order chi connectivity index (χ1) is 20.9. The van der Waals surface area contributed by atoms with E-state index in [-0.39, 0.29) is 5.78 Å². The smallest absolute Gasteiger partial charge is 0.188 e. The lowest BCUT2D eigenvalue weighted by atomic mass is 9.97. The Morgan fingerprint density at radius 2 is 1.33 bits per heavy atom. The van der Waals surface area contributed by atoms with Gasteiger partial charge in [-0.1, -0.05) is 111 Å². The molecule has 2 heteroatoms. The van der Waals surface area contributed by atoms with Crippen molar-refractivity contribution in [3.05, 3.63) is 169 Å². The molecule has 0 aliphatic heterocycles. The van der Waals surface area contributed by atoms with Gasteiger partial charge in [0.2, 0.25) is 0 Å². The summed E-state index contributed by atoms with van der Waals surface area (Å²) in [5.74, 6) is -0.0464. The molecule has 0 unspecified atom stereocenters. The van der Waals surface area contributed by atoms with E-state index in [1.165, 1.54) is 10.8 Å². The Labute approximate surface area is 254 Å². The standard InChI is InChI=1S/C41H35NO/c1-7-28(5)38(10-4)41(43)29(6)24-30-18-19-35-27-37(23-21-34(35)25-30)42(36-22-20-31(8-2)32(9-3)26-36)40-17-13-15-33-14-11-12-16-39(33)40/h7-27H,1-4H2,5-6H3/b29-24?,38-28+. The molecule has 0 spiro atoms. The van der Waals surface area contributed by atoms with Crippen LogP contribution in [0.4, 0.5) is 17.1 Å². The van der Waals surface area contributed by atoms with E-state index in [9.17, 15) is 4.79 Å². The summed E-state index contributed by atoms with van der Waals surface area (Å²) in [4.78, 5) is 15.3. The molecule has 5 rings (SSSR count). The van der Waals surface area contributed by atoms with Gasteiger partial charge in [0.25, 0.3) is 0 Å². The summed E-state index contributed by atoms with van der Waals surface area (Å²) in [6, 6.07) is 34.0. The summed E-state index contributed by atoms with van der Waals surface area (Å²) in [5, 5.41) is 4.53. The Hall–Kier alpha value is -5.47. The number of fused-ring (bicyclic) bond motifs is 2. The highest BCUT2D eigenvalue weighted by Crippen LogP contribution is 2.40. The molecule has 0 heterocycles. The minimum atomic E-state index is -0.0464. The van der Waals surface area contributed by atoms with Crippen molar-refractivity contribution in [3.8, 4) is 0 Å². The summed E-state index contributed by atoms with van der Waals surface area (Å²) in [5.41, 5.74) is 8.23. The van der Waals surface area contributed by atoms with Crippen molar-refractivity contribution in [1.82, 2.24) is 0 Å². The number of hydrogen-bond donors (Lipinski definition) is 0. The molecule has 0 saturated heterocycles. The van der Waals surface area contributed by atoms with Gasteiger partial charge in [-0.25, -0.2) is 0 Å². The van der Waals surface area contributed by atoms with Crippen LogP contribution in [-0.2, 0) is 4.79 Å². The minimum Gasteiger partial charge on any atom is -0.310 e. The van der Waals surface area contributed by atoms with Gasteiger partial charge in [-0.15, -0.1) is 0 Å². The Morgan fingerprint density at radius 1 is 0.651 bits per heavy atom. The predicted octanol–water partition coefficient (Wildman–Crippen LogP) is 11.4. The molecule has 0 aliphatic rings. The number of rotatable bonds is 10. The largest absolute Gasteiger partial charge is 0.310 e. The molecule has 2 nitrogen and oxygen atoms in total. The predicted molar refractivity (Wildman–Crippen MR) is 188 cm³/mol. The zero-order valence-corrected chi connectivity index (χ0v) is 24.8. The lowest BCUT2D eigenvalue weighted by Crippen LogP contribution is -2.11. The van der Waals surface area contributed by atoms with E-state index in [4.69, 9.17) is 0 Å². The fraction of sp³-hybridized carbons (Fsp3) is 0.0488. The molecule has 0 aromatic heterocycles. The zero-order chi connectivity index (χ0) is 30.5. The summed E-state index contributed by atoms with van der Waals surface area (Å²) in [7, 11) is 0. The van der Waals surface area contributed by atoms with Crippen molar-refractivity contribution in [3.63, 3.8) is 0 Å². The molecule has 0 saturated carbocycles. The molecule has 210 valence electrons. The lowest BCUT2D eigenvalue weighted by molar-refractivity contribution is -0.111. The molecule has 5 aromatic carbocycles. The van der Waals surface area contributed by atoms with E-state index in [2.05, 4.69) is 128 Å². The molecular formula is C41H35NO. The van der Waals surface area contributed by atoms with Crippen LogP contribution in [0.15, 0.2) is 152 Å². The molecule has 43 heavy (non-hydrogen) atoms. The third-order valence-electron chi connectivity index (χ3n) is 7.80. The number of allylic oxidation sites excluding steroid dienone is 5. The number of benzene rings is 5. The van der Waals surface area contributed by atoms with Crippen LogP contribution in [0.3, 0.4) is 0 Å². The average molecular weight is 558 g/mol. The van der Waals surface area contributed by atoms with Crippen LogP contribution in [0, 0.1) is 0 Å². The maximum absolute atomic E-state index is 13.0. The van der Waals surface area contributed by atoms with E-state index in [0.717, 1.165) is 50.1 Å². The van der Waals surface area contributed by atoms with Crippen LogP contribution >= 0.6 is 0 Å². The van der Waals surface area contributed by atoms with E-state index in [1.54, 1.807) is 12.2 Å². The normalized spacial score (nSPS) is 12.0. The topological polar surface area (TPSA) is 20.3 Å². The third-order valence-corrected chi connectivity index (χ3v) is 7.80. The maximum Gasteiger partial charge on any atom is 0.188 e. The second-order valence-electron chi connectivity index (χ2n) is 10.5. The Bertz CT molecular complexity index is 1980. The van der Waals surface area contributed by atoms with Gasteiger partial charge in [0, 0.05) is 22.3 Å². The molecule has 0 bridgehead atoms. The second kappa shape index (κ2) is 12.6. The quantitative estimate of drug-likeness (QED) is 0.126. The summed E-state index contributed by atoms with van der Waals surface area (Å²) in [6.45, 7) is 19.3. The number of carbonyl (C=O) groups is 1. The number of anilines is 3. The Morgan fingerprint density at radius 3 is 2.07 bits per heavy atom. The SMILES string of the molecule is C=C/C(C)=C(\C=C)C(=O)C(C)=Cc1ccc2cc(N(c3ccc(C=C)c(C=C)c3)c3cccc4ccccc34)ccc2c1. The van der Waals surface area contributed by atoms with Crippen molar-refractivity contribution in [2.24, 2.45) is 0 Å². The summed E-state index contributed by atoms with van der Waals surface area (Å²) >= 11 is 0. The van der Waals surface area contributed by atoms with Crippen molar-refractivity contribution in [1.29, 1.82) is 0 Å². The number of nitrogens with zero attached hydrogens (tertiary/aromatic N) is 1. The zero-order valence-electron chi connectivity index (χ0n) is 24.8. The maximum atomic E-state index is 13.0. The number of carbonyl (C=O) groups excluding carboxylic acids is 1. The van der Waals surface area contributed by atoms with Gasteiger partial charge in [0.05, 0.1) is 5.69 Å². The van der Waals surface area contributed by atoms with Crippen LogP contribution in [0.25, 0.3) is 39.8 Å². The van der Waals surface area contributed by atoms with Crippen LogP contribution < -0.4 is 4.90 Å². The number of ketones is 1. The average Bonchev–Trinajstić information content (AvgIpc) is 3.05. The van der Waals surface area contributed by atoms with Gasteiger partial charge in [-0.3, -0.25) is 4.79 Å². The van der Waals surface area contributed by atoms with E-state index in [0.29, 0.717) is 11.1 Å². The van der Waals surface area contributed by atoms with Gasteiger partial charge in [-0.2, -0.15) is 0 Å². The van der Waals surface area contributed by atoms with E-state index < -0.39 is 0 Å². The fourth-order valence-corrected chi connectivity index (χ4v) is 5.45. The molecule has 0 amide bonds. The van der Waals surface area contributed by atoms with Crippen molar-refractivity contribution in [2.45, 2.75) is 13.8 Å². The number of Topliss-reactive ketones (excluding diaryl/α,β-unsaturated/α-hetero) is 1. The van der Waals surface area contributed by atoms with Gasteiger partial charge >= 0.3 is 0 Å². The lowest BCUT2D eigenvalue weighted by Gasteiger charge is -2.28. The van der Waals surface area contributed by atoms with Gasteiger partial charge < -0.3 is 4.90 Å². The van der Waals surface area contributed by atoms with Crippen molar-refractivity contribution >= 4 is 62.6 Å². The summed E-state index contributed by atoms with van der Waals surface area (Å²) < 4.78 is 0. The van der Waals surface area contributed by atoms with Gasteiger partial charge in [0.15, 0.2) is 5.78 Å². The number of hydrogen-bond acceptors (Lipinski definition) is 2. The molecule has 5 aromatic rings. The van der Waals surface area contributed by atoms with Gasteiger partial charge in [-0.05, 0) is 100 Å². The van der Waals surface area contributed by atoms with Crippen molar-refractivity contribution in [2.75, 3.05) is 4.90 Å². The van der Waals surface area contributed by atoms with Crippen LogP contribution in [-0.4, -0.2) is 5.78 Å². The minimum absolute atomic E-state index is 0.0464.